The quantitative estimate of drug-likeness (QED) is 0.847. The fraction of sp³-hybridized carbons (Fsp3) is 0.333. The highest BCUT2D eigenvalue weighted by atomic mass is 32.1. The molecule has 1 heterocycles. The van der Waals surface area contributed by atoms with E-state index in [0.29, 0.717) is 11.3 Å². The molecule has 23 heavy (non-hydrogen) atoms. The molecule has 1 atom stereocenters. The number of para-hydroxylation sites is 1. The SMILES string of the molecule is COc1ccccc1C(=O)c1c(C)sc2c1CCC2CC(=O)O. The van der Waals surface area contributed by atoms with Crippen molar-refractivity contribution in [2.45, 2.75) is 32.1 Å². The molecule has 3 rings (SSSR count). The van der Waals surface area contributed by atoms with Crippen molar-refractivity contribution in [2.24, 2.45) is 0 Å². The lowest BCUT2D eigenvalue weighted by atomic mass is 9.98. The number of benzene rings is 1. The summed E-state index contributed by atoms with van der Waals surface area (Å²) in [6.07, 6.45) is 1.71. The molecule has 4 nitrogen and oxygen atoms in total. The van der Waals surface area contributed by atoms with Crippen LogP contribution in [0.15, 0.2) is 24.3 Å². The van der Waals surface area contributed by atoms with Crippen LogP contribution in [0.5, 0.6) is 5.75 Å². The van der Waals surface area contributed by atoms with Crippen LogP contribution in [-0.4, -0.2) is 24.0 Å². The van der Waals surface area contributed by atoms with Gasteiger partial charge in [0.05, 0.1) is 19.1 Å². The number of ether oxygens (including phenoxy) is 1. The number of ketones is 1. The molecule has 0 saturated heterocycles. The Morgan fingerprint density at radius 3 is 2.78 bits per heavy atom. The first-order chi connectivity index (χ1) is 11.0. The van der Waals surface area contributed by atoms with Crippen molar-refractivity contribution in [3.05, 3.63) is 50.7 Å². The second-order valence-corrected chi connectivity index (χ2v) is 7.00. The van der Waals surface area contributed by atoms with Gasteiger partial charge in [0.15, 0.2) is 5.78 Å². The average Bonchev–Trinajstić information content (AvgIpc) is 3.05. The molecule has 2 aromatic rings. The van der Waals surface area contributed by atoms with Gasteiger partial charge in [0, 0.05) is 21.2 Å². The van der Waals surface area contributed by atoms with Gasteiger partial charge in [0.1, 0.15) is 5.75 Å². The van der Waals surface area contributed by atoms with E-state index in [0.717, 1.165) is 33.7 Å². The molecule has 0 radical (unpaired) electrons. The van der Waals surface area contributed by atoms with E-state index in [1.165, 1.54) is 0 Å². The van der Waals surface area contributed by atoms with Gasteiger partial charge in [0.2, 0.25) is 0 Å². The van der Waals surface area contributed by atoms with Crippen LogP contribution in [0, 0.1) is 6.92 Å². The third-order valence-electron chi connectivity index (χ3n) is 4.33. The Morgan fingerprint density at radius 2 is 2.09 bits per heavy atom. The Morgan fingerprint density at radius 1 is 1.35 bits per heavy atom. The molecule has 0 fully saturated rings. The number of fused-ring (bicyclic) bond motifs is 1. The largest absolute Gasteiger partial charge is 0.496 e. The van der Waals surface area contributed by atoms with Crippen LogP contribution >= 0.6 is 11.3 Å². The molecule has 0 bridgehead atoms. The highest BCUT2D eigenvalue weighted by molar-refractivity contribution is 7.12. The second-order valence-electron chi connectivity index (χ2n) is 5.74. The third-order valence-corrected chi connectivity index (χ3v) is 5.64. The number of hydrogen-bond donors (Lipinski definition) is 1. The van der Waals surface area contributed by atoms with E-state index < -0.39 is 5.97 Å². The minimum absolute atomic E-state index is 0.0328. The molecule has 0 aliphatic heterocycles. The second kappa shape index (κ2) is 6.16. The van der Waals surface area contributed by atoms with E-state index in [-0.39, 0.29) is 18.1 Å². The number of methoxy groups -OCH3 is 1. The topological polar surface area (TPSA) is 63.6 Å². The van der Waals surface area contributed by atoms with Gasteiger partial charge < -0.3 is 9.84 Å². The summed E-state index contributed by atoms with van der Waals surface area (Å²) in [5.41, 5.74) is 2.33. The molecule has 1 aliphatic rings. The zero-order chi connectivity index (χ0) is 16.6. The van der Waals surface area contributed by atoms with Gasteiger partial charge in [-0.3, -0.25) is 9.59 Å². The molecule has 120 valence electrons. The van der Waals surface area contributed by atoms with Crippen LogP contribution in [0.1, 0.15) is 50.0 Å². The van der Waals surface area contributed by atoms with Crippen LogP contribution in [-0.2, 0) is 11.2 Å². The number of aliphatic carboxylic acids is 1. The van der Waals surface area contributed by atoms with Crippen molar-refractivity contribution in [1.82, 2.24) is 0 Å². The molecule has 0 saturated carbocycles. The van der Waals surface area contributed by atoms with Crippen molar-refractivity contribution in [3.8, 4) is 5.75 Å². The first kappa shape index (κ1) is 15.7. The van der Waals surface area contributed by atoms with Crippen LogP contribution in [0.3, 0.4) is 0 Å². The summed E-state index contributed by atoms with van der Waals surface area (Å²) in [6, 6.07) is 7.21. The van der Waals surface area contributed by atoms with Crippen LogP contribution < -0.4 is 4.74 Å². The summed E-state index contributed by atoms with van der Waals surface area (Å²) in [7, 11) is 1.56. The maximum Gasteiger partial charge on any atom is 0.303 e. The number of thiophene rings is 1. The van der Waals surface area contributed by atoms with Crippen molar-refractivity contribution in [1.29, 1.82) is 0 Å². The molecule has 1 aromatic heterocycles. The maximum absolute atomic E-state index is 13.0. The Kier molecular flexibility index (Phi) is 4.22. The Labute approximate surface area is 138 Å². The number of aryl methyl sites for hydroxylation is 1. The summed E-state index contributed by atoms with van der Waals surface area (Å²) in [5, 5.41) is 9.05. The predicted molar refractivity (Wildman–Crippen MR) is 88.8 cm³/mol. The first-order valence-corrected chi connectivity index (χ1v) is 8.36. The van der Waals surface area contributed by atoms with Gasteiger partial charge >= 0.3 is 5.97 Å². The fourth-order valence-corrected chi connectivity index (χ4v) is 4.65. The van der Waals surface area contributed by atoms with Crippen LogP contribution in [0.25, 0.3) is 0 Å². The van der Waals surface area contributed by atoms with Gasteiger partial charge in [-0.05, 0) is 37.5 Å². The van der Waals surface area contributed by atoms with Gasteiger partial charge in [-0.2, -0.15) is 0 Å². The lowest BCUT2D eigenvalue weighted by molar-refractivity contribution is -0.137. The summed E-state index contributed by atoms with van der Waals surface area (Å²) < 4.78 is 5.30. The van der Waals surface area contributed by atoms with Gasteiger partial charge in [0.25, 0.3) is 0 Å². The van der Waals surface area contributed by atoms with Crippen LogP contribution in [0.2, 0.25) is 0 Å². The van der Waals surface area contributed by atoms with E-state index >= 15 is 0 Å². The molecule has 1 N–H and O–H groups in total. The minimum atomic E-state index is -0.786. The lowest BCUT2D eigenvalue weighted by Gasteiger charge is -2.08. The number of carboxylic acids is 1. The first-order valence-electron chi connectivity index (χ1n) is 7.54. The normalized spacial score (nSPS) is 16.2. The van der Waals surface area contributed by atoms with E-state index in [1.54, 1.807) is 30.6 Å². The van der Waals surface area contributed by atoms with Gasteiger partial charge in [-0.1, -0.05) is 12.1 Å². The third kappa shape index (κ3) is 2.77. The standard InChI is InChI=1S/C18H18O4S/c1-10-16(17(21)12-5-3-4-6-14(12)22-2)13-8-7-11(9-15(19)20)18(13)23-10/h3-6,11H,7-9H2,1-2H3,(H,19,20). The summed E-state index contributed by atoms with van der Waals surface area (Å²) in [6.45, 7) is 1.93. The van der Waals surface area contributed by atoms with Gasteiger partial charge in [-0.15, -0.1) is 11.3 Å². The zero-order valence-electron chi connectivity index (χ0n) is 13.1. The Bertz CT molecular complexity index is 775. The molecule has 1 unspecified atom stereocenters. The fourth-order valence-electron chi connectivity index (χ4n) is 3.31. The summed E-state index contributed by atoms with van der Waals surface area (Å²) in [5.74, 6) is -0.220. The number of carbonyl (C=O) groups is 2. The van der Waals surface area contributed by atoms with Crippen molar-refractivity contribution in [3.63, 3.8) is 0 Å². The number of carbonyl (C=O) groups excluding carboxylic acids is 1. The molecule has 1 aromatic carbocycles. The lowest BCUT2D eigenvalue weighted by Crippen LogP contribution is -2.06. The van der Waals surface area contributed by atoms with Crippen LogP contribution in [0.4, 0.5) is 0 Å². The number of carboxylic acid groups (broad SMARTS) is 1. The molecular weight excluding hydrogens is 312 g/mol. The Balaban J connectivity index is 2.02. The van der Waals surface area contributed by atoms with Crippen molar-refractivity contribution < 1.29 is 19.4 Å². The highest BCUT2D eigenvalue weighted by Gasteiger charge is 2.33. The maximum atomic E-state index is 13.0. The predicted octanol–water partition coefficient (Wildman–Crippen LogP) is 3.80. The van der Waals surface area contributed by atoms with E-state index in [4.69, 9.17) is 9.84 Å². The smallest absolute Gasteiger partial charge is 0.303 e. The van der Waals surface area contributed by atoms with E-state index in [2.05, 4.69) is 0 Å². The monoisotopic (exact) mass is 330 g/mol. The zero-order valence-corrected chi connectivity index (χ0v) is 13.9. The van der Waals surface area contributed by atoms with E-state index in [1.807, 2.05) is 19.1 Å². The minimum Gasteiger partial charge on any atom is -0.496 e. The van der Waals surface area contributed by atoms with Crippen molar-refractivity contribution in [2.75, 3.05) is 7.11 Å². The molecular formula is C18H18O4S. The Hall–Kier alpha value is -2.14. The van der Waals surface area contributed by atoms with E-state index in [9.17, 15) is 9.59 Å². The molecule has 0 spiro atoms. The number of hydrogen-bond acceptors (Lipinski definition) is 4. The molecule has 5 heteroatoms. The van der Waals surface area contributed by atoms with Crippen molar-refractivity contribution >= 4 is 23.1 Å². The molecule has 1 aliphatic carbocycles. The molecule has 0 amide bonds. The van der Waals surface area contributed by atoms with Gasteiger partial charge in [-0.25, -0.2) is 0 Å². The highest BCUT2D eigenvalue weighted by Crippen LogP contribution is 2.44. The summed E-state index contributed by atoms with van der Waals surface area (Å²) in [4.78, 5) is 26.1. The number of rotatable bonds is 5. The summed E-state index contributed by atoms with van der Waals surface area (Å²) >= 11 is 1.57. The average molecular weight is 330 g/mol.